The minimum atomic E-state index is 0.394. The molecule has 66 valence electrons. The van der Waals surface area contributed by atoms with Gasteiger partial charge in [-0.05, 0) is 37.9 Å². The quantitative estimate of drug-likeness (QED) is 0.552. The Morgan fingerprint density at radius 2 is 2.00 bits per heavy atom. The fraction of sp³-hybridized carbons (Fsp3) is 0. The van der Waals surface area contributed by atoms with Gasteiger partial charge in [-0.1, -0.05) is 11.6 Å². The average molecular weight is 323 g/mol. The van der Waals surface area contributed by atoms with Crippen molar-refractivity contribution in [1.29, 1.82) is 0 Å². The molecule has 0 N–H and O–H groups in total. The fourth-order valence-corrected chi connectivity index (χ4v) is 1.92. The van der Waals surface area contributed by atoms with Crippen molar-refractivity contribution in [1.82, 2.24) is 15.0 Å². The summed E-state index contributed by atoms with van der Waals surface area (Å²) in [6, 6.07) is 1.83. The van der Waals surface area contributed by atoms with Gasteiger partial charge in [0.25, 0.3) is 0 Å². The summed E-state index contributed by atoms with van der Waals surface area (Å²) in [7, 11) is 0. The molecule has 0 atom stereocenters. The Kier molecular flexibility index (Phi) is 2.49. The molecule has 0 aliphatic heterocycles. The molecule has 0 saturated heterocycles. The van der Waals surface area contributed by atoms with Crippen molar-refractivity contribution in [3.05, 3.63) is 26.6 Å². The first-order valence-electron chi connectivity index (χ1n) is 3.31. The molecule has 2 heterocycles. The second kappa shape index (κ2) is 3.48. The van der Waals surface area contributed by atoms with Crippen LogP contribution < -0.4 is 0 Å². The van der Waals surface area contributed by atoms with Crippen LogP contribution in [0.15, 0.2) is 21.5 Å². The predicted octanol–water partition coefficient (Wildman–Crippen LogP) is 3.20. The number of aromatic nitrogens is 3. The molecule has 0 aliphatic carbocycles. The van der Waals surface area contributed by atoms with Gasteiger partial charge in [0.2, 0.25) is 0 Å². The molecule has 3 nitrogen and oxygen atoms in total. The third-order valence-corrected chi connectivity index (χ3v) is 2.52. The zero-order valence-electron chi connectivity index (χ0n) is 6.13. The Hall–Kier alpha value is -0.260. The zero-order valence-corrected chi connectivity index (χ0v) is 10.1. The standard InChI is InChI=1S/C7H2Br2ClN3/c8-3-1-4-5(10)12-7(9)13-6(4)11-2-3/h1-2H. The largest absolute Gasteiger partial charge is 0.235 e. The Bertz CT molecular complexity index is 474. The van der Waals surface area contributed by atoms with Crippen molar-refractivity contribution < 1.29 is 0 Å². The van der Waals surface area contributed by atoms with Crippen molar-refractivity contribution in [2.24, 2.45) is 0 Å². The molecule has 13 heavy (non-hydrogen) atoms. The minimum absolute atomic E-state index is 0.394. The maximum absolute atomic E-state index is 5.89. The number of nitrogens with zero attached hydrogens (tertiary/aromatic N) is 3. The summed E-state index contributed by atoms with van der Waals surface area (Å²) in [4.78, 5) is 12.1. The molecule has 2 aromatic rings. The Balaban J connectivity index is 2.87. The Morgan fingerprint density at radius 3 is 2.77 bits per heavy atom. The predicted molar refractivity (Wildman–Crippen MR) is 57.7 cm³/mol. The van der Waals surface area contributed by atoms with E-state index in [0.717, 1.165) is 9.86 Å². The molecular formula is C7H2Br2ClN3. The summed E-state index contributed by atoms with van der Waals surface area (Å²) in [5.41, 5.74) is 0.579. The molecule has 0 fully saturated rings. The summed E-state index contributed by atoms with van der Waals surface area (Å²) in [5, 5.41) is 1.13. The third kappa shape index (κ3) is 1.82. The van der Waals surface area contributed by atoms with E-state index in [1.807, 2.05) is 6.07 Å². The fourth-order valence-electron chi connectivity index (χ4n) is 0.927. The highest BCUT2D eigenvalue weighted by Crippen LogP contribution is 2.23. The monoisotopic (exact) mass is 321 g/mol. The van der Waals surface area contributed by atoms with Crippen molar-refractivity contribution in [2.75, 3.05) is 0 Å². The van der Waals surface area contributed by atoms with Crippen molar-refractivity contribution in [3.63, 3.8) is 0 Å². The number of halogens is 3. The van der Waals surface area contributed by atoms with E-state index in [9.17, 15) is 0 Å². The highest BCUT2D eigenvalue weighted by Gasteiger charge is 2.05. The minimum Gasteiger partial charge on any atom is -0.235 e. The normalized spacial score (nSPS) is 10.7. The first kappa shape index (κ1) is 9.30. The van der Waals surface area contributed by atoms with E-state index in [0.29, 0.717) is 15.5 Å². The highest BCUT2D eigenvalue weighted by atomic mass is 79.9. The second-order valence-corrected chi connectivity index (χ2v) is 4.29. The van der Waals surface area contributed by atoms with Crippen molar-refractivity contribution in [3.8, 4) is 0 Å². The van der Waals surface area contributed by atoms with Gasteiger partial charge in [-0.15, -0.1) is 0 Å². The van der Waals surface area contributed by atoms with Crippen LogP contribution in [-0.2, 0) is 0 Å². The lowest BCUT2D eigenvalue weighted by Crippen LogP contribution is -1.89. The first-order valence-corrected chi connectivity index (χ1v) is 5.27. The molecule has 0 aromatic carbocycles. The highest BCUT2D eigenvalue weighted by molar-refractivity contribution is 9.10. The smallest absolute Gasteiger partial charge is 0.200 e. The molecule has 0 unspecified atom stereocenters. The maximum Gasteiger partial charge on any atom is 0.200 e. The molecule has 0 amide bonds. The summed E-state index contributed by atoms with van der Waals surface area (Å²) in [6.45, 7) is 0. The second-order valence-electron chi connectivity index (χ2n) is 2.31. The molecule has 2 rings (SSSR count). The van der Waals surface area contributed by atoms with E-state index in [4.69, 9.17) is 11.6 Å². The van der Waals surface area contributed by atoms with E-state index in [1.165, 1.54) is 0 Å². The van der Waals surface area contributed by atoms with Gasteiger partial charge in [-0.3, -0.25) is 0 Å². The van der Waals surface area contributed by atoms with Gasteiger partial charge in [-0.25, -0.2) is 15.0 Å². The van der Waals surface area contributed by atoms with Gasteiger partial charge in [0, 0.05) is 10.7 Å². The summed E-state index contributed by atoms with van der Waals surface area (Å²) < 4.78 is 1.30. The molecule has 2 aromatic heterocycles. The van der Waals surface area contributed by atoms with Crippen LogP contribution >= 0.6 is 43.5 Å². The van der Waals surface area contributed by atoms with E-state index < -0.39 is 0 Å². The molecule has 6 heteroatoms. The molecule has 0 saturated carbocycles. The van der Waals surface area contributed by atoms with Crippen LogP contribution in [0.4, 0.5) is 0 Å². The molecule has 0 bridgehead atoms. The Morgan fingerprint density at radius 1 is 1.23 bits per heavy atom. The lowest BCUT2D eigenvalue weighted by molar-refractivity contribution is 1.13. The van der Waals surface area contributed by atoms with E-state index in [1.54, 1.807) is 6.20 Å². The van der Waals surface area contributed by atoms with E-state index >= 15 is 0 Å². The molecule has 0 aliphatic rings. The summed E-state index contributed by atoms with van der Waals surface area (Å²) in [5.74, 6) is 0. The SMILES string of the molecule is Clc1nc(Br)nc2ncc(Br)cc12. The van der Waals surface area contributed by atoms with Crippen LogP contribution in [0.2, 0.25) is 5.15 Å². The Labute approximate surface area is 95.8 Å². The zero-order chi connectivity index (χ0) is 9.42. The number of hydrogen-bond donors (Lipinski definition) is 0. The van der Waals surface area contributed by atoms with Crippen LogP contribution in [0, 0.1) is 0 Å². The van der Waals surface area contributed by atoms with Crippen LogP contribution in [0.5, 0.6) is 0 Å². The van der Waals surface area contributed by atoms with Gasteiger partial charge in [0.05, 0.1) is 5.39 Å². The van der Waals surface area contributed by atoms with Gasteiger partial charge in [-0.2, -0.15) is 0 Å². The van der Waals surface area contributed by atoms with Gasteiger partial charge in [0.1, 0.15) is 5.15 Å². The van der Waals surface area contributed by atoms with Crippen LogP contribution in [0.1, 0.15) is 0 Å². The van der Waals surface area contributed by atoms with Crippen LogP contribution in [-0.4, -0.2) is 15.0 Å². The third-order valence-electron chi connectivity index (χ3n) is 1.44. The lowest BCUT2D eigenvalue weighted by atomic mass is 10.3. The number of fused-ring (bicyclic) bond motifs is 1. The van der Waals surface area contributed by atoms with E-state index in [-0.39, 0.29) is 0 Å². The van der Waals surface area contributed by atoms with Gasteiger partial charge in [0.15, 0.2) is 10.4 Å². The van der Waals surface area contributed by atoms with Gasteiger partial charge < -0.3 is 0 Å². The number of hydrogen-bond acceptors (Lipinski definition) is 3. The topological polar surface area (TPSA) is 38.7 Å². The summed E-state index contributed by atoms with van der Waals surface area (Å²) in [6.07, 6.45) is 1.66. The van der Waals surface area contributed by atoms with Crippen molar-refractivity contribution in [2.45, 2.75) is 0 Å². The number of rotatable bonds is 0. The number of pyridine rings is 1. The average Bonchev–Trinajstić information content (AvgIpc) is 2.06. The summed E-state index contributed by atoms with van der Waals surface area (Å²) >= 11 is 12.3. The van der Waals surface area contributed by atoms with Gasteiger partial charge >= 0.3 is 0 Å². The van der Waals surface area contributed by atoms with E-state index in [2.05, 4.69) is 46.8 Å². The molecule has 0 spiro atoms. The van der Waals surface area contributed by atoms with Crippen LogP contribution in [0.3, 0.4) is 0 Å². The lowest BCUT2D eigenvalue weighted by Gasteiger charge is -1.99. The maximum atomic E-state index is 5.89. The van der Waals surface area contributed by atoms with Crippen LogP contribution in [0.25, 0.3) is 11.0 Å². The first-order chi connectivity index (χ1) is 6.16. The van der Waals surface area contributed by atoms with Crippen molar-refractivity contribution >= 4 is 54.5 Å². The molecule has 0 radical (unpaired) electrons. The molecular weight excluding hydrogens is 321 g/mol.